The number of hydrogen-bond acceptors (Lipinski definition) is 3. The summed E-state index contributed by atoms with van der Waals surface area (Å²) in [4.78, 5) is 16.1. The lowest BCUT2D eigenvalue weighted by Gasteiger charge is -2.12. The third-order valence-electron chi connectivity index (χ3n) is 6.90. The molecule has 0 saturated heterocycles. The van der Waals surface area contributed by atoms with Crippen molar-refractivity contribution in [2.75, 3.05) is 6.54 Å². The van der Waals surface area contributed by atoms with Crippen LogP contribution >= 0.6 is 0 Å². The van der Waals surface area contributed by atoms with Gasteiger partial charge in [0, 0.05) is 40.7 Å². The Kier molecular flexibility index (Phi) is 7.79. The standard InChI is InChI=1S/C33H29FN4O2/c1-22-17-26(18-27(19-35)33(39)36-16-15-25-20-37-32-6-4-3-5-31(25)32)23(2)38(22)29-11-13-30(14-12-29)40-21-24-7-9-28(34)10-8-24/h3-14,17-18,20,37H,15-16,21H2,1-2H3,(H,36,39)/b27-18-. The summed E-state index contributed by atoms with van der Waals surface area (Å²) < 4.78 is 21.0. The van der Waals surface area contributed by atoms with Crippen LogP contribution in [0.2, 0.25) is 0 Å². The van der Waals surface area contributed by atoms with Crippen LogP contribution in [-0.4, -0.2) is 22.0 Å². The summed E-state index contributed by atoms with van der Waals surface area (Å²) in [7, 11) is 0. The van der Waals surface area contributed by atoms with Crippen LogP contribution in [0.25, 0.3) is 22.7 Å². The summed E-state index contributed by atoms with van der Waals surface area (Å²) in [5.41, 5.74) is 6.75. The van der Waals surface area contributed by atoms with E-state index < -0.39 is 5.91 Å². The third-order valence-corrected chi connectivity index (χ3v) is 6.90. The number of hydrogen-bond donors (Lipinski definition) is 2. The predicted molar refractivity (Wildman–Crippen MR) is 155 cm³/mol. The molecular formula is C33H29FN4O2. The Labute approximate surface area is 232 Å². The maximum absolute atomic E-state index is 13.1. The van der Waals surface area contributed by atoms with Crippen LogP contribution in [0.5, 0.6) is 5.75 Å². The van der Waals surface area contributed by atoms with E-state index in [1.54, 1.807) is 18.2 Å². The molecule has 2 heterocycles. The molecular weight excluding hydrogens is 503 g/mol. The molecule has 0 atom stereocenters. The number of halogens is 1. The van der Waals surface area contributed by atoms with E-state index in [1.807, 2.05) is 74.6 Å². The first kappa shape index (κ1) is 26.5. The molecule has 0 spiro atoms. The topological polar surface area (TPSA) is 82.8 Å². The molecule has 0 aliphatic carbocycles. The fraction of sp³-hybridized carbons (Fsp3) is 0.152. The number of nitrogens with one attached hydrogen (secondary N) is 2. The van der Waals surface area contributed by atoms with E-state index in [0.717, 1.165) is 44.7 Å². The van der Waals surface area contributed by atoms with Crippen molar-refractivity contribution in [1.29, 1.82) is 5.26 Å². The monoisotopic (exact) mass is 532 g/mol. The first-order chi connectivity index (χ1) is 19.4. The highest BCUT2D eigenvalue weighted by Gasteiger charge is 2.14. The Morgan fingerprint density at radius 3 is 2.58 bits per heavy atom. The van der Waals surface area contributed by atoms with E-state index in [-0.39, 0.29) is 11.4 Å². The molecule has 2 aromatic heterocycles. The molecule has 5 rings (SSSR count). The highest BCUT2D eigenvalue weighted by Crippen LogP contribution is 2.25. The number of carbonyl (C=O) groups excluding carboxylic acids is 1. The zero-order chi connectivity index (χ0) is 28.1. The van der Waals surface area contributed by atoms with Crippen LogP contribution in [0.3, 0.4) is 0 Å². The molecule has 0 fully saturated rings. The highest BCUT2D eigenvalue weighted by molar-refractivity contribution is 6.01. The van der Waals surface area contributed by atoms with Gasteiger partial charge in [-0.05, 0) is 91.6 Å². The van der Waals surface area contributed by atoms with Gasteiger partial charge in [0.2, 0.25) is 0 Å². The van der Waals surface area contributed by atoms with Gasteiger partial charge in [-0.3, -0.25) is 4.79 Å². The number of rotatable bonds is 9. The molecule has 0 aliphatic heterocycles. The summed E-state index contributed by atoms with van der Waals surface area (Å²) >= 11 is 0. The summed E-state index contributed by atoms with van der Waals surface area (Å²) in [5, 5.41) is 13.7. The average Bonchev–Trinajstić information content (AvgIpc) is 3.51. The second-order valence-electron chi connectivity index (χ2n) is 9.61. The first-order valence-electron chi connectivity index (χ1n) is 13.0. The van der Waals surface area contributed by atoms with E-state index in [2.05, 4.69) is 20.9 Å². The zero-order valence-corrected chi connectivity index (χ0v) is 22.4. The minimum atomic E-state index is -0.394. The van der Waals surface area contributed by atoms with Crippen molar-refractivity contribution in [2.24, 2.45) is 0 Å². The Hall–Kier alpha value is -5.09. The van der Waals surface area contributed by atoms with Crippen molar-refractivity contribution in [1.82, 2.24) is 14.9 Å². The second-order valence-corrected chi connectivity index (χ2v) is 9.61. The van der Waals surface area contributed by atoms with E-state index >= 15 is 0 Å². The number of carbonyl (C=O) groups is 1. The average molecular weight is 533 g/mol. The number of benzene rings is 3. The van der Waals surface area contributed by atoms with Crippen LogP contribution in [0.4, 0.5) is 4.39 Å². The molecule has 0 radical (unpaired) electrons. The van der Waals surface area contributed by atoms with Gasteiger partial charge < -0.3 is 19.6 Å². The Morgan fingerprint density at radius 2 is 1.82 bits per heavy atom. The largest absolute Gasteiger partial charge is 0.489 e. The summed E-state index contributed by atoms with van der Waals surface area (Å²) in [6.07, 6.45) is 4.25. The predicted octanol–water partition coefficient (Wildman–Crippen LogP) is 6.56. The van der Waals surface area contributed by atoms with E-state index in [4.69, 9.17) is 4.74 Å². The van der Waals surface area contributed by atoms with Crippen molar-refractivity contribution in [3.8, 4) is 17.5 Å². The molecule has 0 aliphatic rings. The van der Waals surface area contributed by atoms with Crippen LogP contribution in [0.15, 0.2) is 90.6 Å². The number of aryl methyl sites for hydroxylation is 1. The van der Waals surface area contributed by atoms with Gasteiger partial charge in [0.25, 0.3) is 5.91 Å². The minimum Gasteiger partial charge on any atom is -0.489 e. The smallest absolute Gasteiger partial charge is 0.261 e. The SMILES string of the molecule is Cc1cc(/C=C(/C#N)C(=O)NCCc2c[nH]c3ccccc23)c(C)n1-c1ccc(OCc2ccc(F)cc2)cc1. The quantitative estimate of drug-likeness (QED) is 0.167. The van der Waals surface area contributed by atoms with Gasteiger partial charge in [0.05, 0.1) is 0 Å². The minimum absolute atomic E-state index is 0.0590. The van der Waals surface area contributed by atoms with E-state index in [1.165, 1.54) is 12.1 Å². The lowest BCUT2D eigenvalue weighted by Crippen LogP contribution is -2.26. The number of ether oxygens (including phenoxy) is 1. The number of aromatic nitrogens is 2. The maximum atomic E-state index is 13.1. The van der Waals surface area contributed by atoms with E-state index in [9.17, 15) is 14.4 Å². The summed E-state index contributed by atoms with van der Waals surface area (Å²) in [6.45, 7) is 4.71. The summed E-state index contributed by atoms with van der Waals surface area (Å²) in [6, 6.07) is 26.0. The number of H-pyrrole nitrogens is 1. The number of para-hydroxylation sites is 1. The van der Waals surface area contributed by atoms with Crippen LogP contribution < -0.4 is 10.1 Å². The molecule has 7 heteroatoms. The van der Waals surface area contributed by atoms with Crippen LogP contribution in [0.1, 0.15) is 28.1 Å². The van der Waals surface area contributed by atoms with Crippen LogP contribution in [0, 0.1) is 31.0 Å². The molecule has 0 saturated carbocycles. The van der Waals surface area contributed by atoms with E-state index in [0.29, 0.717) is 25.3 Å². The molecule has 40 heavy (non-hydrogen) atoms. The van der Waals surface area contributed by atoms with Gasteiger partial charge in [-0.25, -0.2) is 4.39 Å². The van der Waals surface area contributed by atoms with Gasteiger partial charge in [-0.15, -0.1) is 0 Å². The van der Waals surface area contributed by atoms with Gasteiger partial charge in [0.15, 0.2) is 0 Å². The van der Waals surface area contributed by atoms with Gasteiger partial charge in [0.1, 0.15) is 29.8 Å². The Balaban J connectivity index is 1.24. The van der Waals surface area contributed by atoms with Gasteiger partial charge in [-0.1, -0.05) is 30.3 Å². The third kappa shape index (κ3) is 5.82. The molecule has 200 valence electrons. The molecule has 3 aromatic carbocycles. The van der Waals surface area contributed by atoms with Crippen molar-refractivity contribution in [3.63, 3.8) is 0 Å². The number of fused-ring (bicyclic) bond motifs is 1. The number of amides is 1. The first-order valence-corrected chi connectivity index (χ1v) is 13.0. The highest BCUT2D eigenvalue weighted by atomic mass is 19.1. The number of aromatic amines is 1. The second kappa shape index (κ2) is 11.7. The lowest BCUT2D eigenvalue weighted by atomic mass is 10.1. The fourth-order valence-electron chi connectivity index (χ4n) is 4.82. The number of nitriles is 1. The molecule has 0 unspecified atom stereocenters. The normalized spacial score (nSPS) is 11.4. The molecule has 5 aromatic rings. The van der Waals surface area contributed by atoms with Crippen molar-refractivity contribution in [3.05, 3.63) is 125 Å². The van der Waals surface area contributed by atoms with Gasteiger partial charge >= 0.3 is 0 Å². The lowest BCUT2D eigenvalue weighted by molar-refractivity contribution is -0.117. The van der Waals surface area contributed by atoms with Crippen LogP contribution in [-0.2, 0) is 17.8 Å². The molecule has 6 nitrogen and oxygen atoms in total. The van der Waals surface area contributed by atoms with Crippen molar-refractivity contribution >= 4 is 22.9 Å². The Morgan fingerprint density at radius 1 is 1.07 bits per heavy atom. The zero-order valence-electron chi connectivity index (χ0n) is 22.4. The molecule has 2 N–H and O–H groups in total. The van der Waals surface area contributed by atoms with Crippen molar-refractivity contribution in [2.45, 2.75) is 26.9 Å². The summed E-state index contributed by atoms with van der Waals surface area (Å²) in [5.74, 6) is 0.0327. The molecule has 1 amide bonds. The maximum Gasteiger partial charge on any atom is 0.261 e. The Bertz CT molecular complexity index is 1720. The number of nitrogens with zero attached hydrogens (tertiary/aromatic N) is 2. The molecule has 0 bridgehead atoms. The fourth-order valence-corrected chi connectivity index (χ4v) is 4.82. The van der Waals surface area contributed by atoms with Crippen molar-refractivity contribution < 1.29 is 13.9 Å². The van der Waals surface area contributed by atoms with Gasteiger partial charge in [-0.2, -0.15) is 5.26 Å².